The summed E-state index contributed by atoms with van der Waals surface area (Å²) >= 11 is 6.55. The summed E-state index contributed by atoms with van der Waals surface area (Å²) in [5, 5.41) is 0.998. The smallest absolute Gasteiger partial charge is 0.266 e. The average Bonchev–Trinajstić information content (AvgIpc) is 2.49. The van der Waals surface area contributed by atoms with E-state index in [1.54, 1.807) is 17.6 Å². The van der Waals surface area contributed by atoms with Crippen LogP contribution in [0.15, 0.2) is 47.3 Å². The minimum absolute atomic E-state index is 0.134. The average molecular weight is 359 g/mol. The van der Waals surface area contributed by atoms with Crippen LogP contribution in [0.4, 0.5) is 0 Å². The lowest BCUT2D eigenvalue weighted by atomic mass is 10.2. The molecule has 6 heteroatoms. The molecule has 124 valence electrons. The summed E-state index contributed by atoms with van der Waals surface area (Å²) in [5.74, 6) is 1.19. The molecule has 0 bridgehead atoms. The van der Waals surface area contributed by atoms with Gasteiger partial charge in [0.25, 0.3) is 5.56 Å². The van der Waals surface area contributed by atoms with Crippen molar-refractivity contribution in [2.75, 3.05) is 0 Å². The zero-order valence-electron chi connectivity index (χ0n) is 14.1. The van der Waals surface area contributed by atoms with Crippen LogP contribution in [0.1, 0.15) is 5.82 Å². The first-order chi connectivity index (χ1) is 11.3. The Bertz CT molecular complexity index is 977. The molecular weight excluding hydrogens is 340 g/mol. The number of halogens is 1. The third-order valence-electron chi connectivity index (χ3n) is 3.54. The van der Waals surface area contributed by atoms with Crippen LogP contribution in [0.2, 0.25) is 24.7 Å². The highest BCUT2D eigenvalue weighted by Gasteiger charge is 2.20. The minimum Gasteiger partial charge on any atom is -0.543 e. The lowest BCUT2D eigenvalue weighted by Crippen LogP contribution is -2.29. The molecule has 0 spiro atoms. The number of fused-ring (bicyclic) bond motifs is 1. The molecule has 1 aromatic heterocycles. The summed E-state index contributed by atoms with van der Waals surface area (Å²) in [6.07, 6.45) is 0. The maximum Gasteiger partial charge on any atom is 0.266 e. The fourth-order valence-corrected chi connectivity index (χ4v) is 3.75. The number of para-hydroxylation sites is 1. The van der Waals surface area contributed by atoms with E-state index in [-0.39, 0.29) is 5.56 Å². The highest BCUT2D eigenvalue weighted by Crippen LogP contribution is 2.32. The topological polar surface area (TPSA) is 44.1 Å². The Labute approximate surface area is 146 Å². The monoisotopic (exact) mass is 358 g/mol. The van der Waals surface area contributed by atoms with E-state index in [0.717, 1.165) is 0 Å². The molecule has 0 unspecified atom stereocenters. The fraction of sp³-hybridized carbons (Fsp3) is 0.222. The Balaban J connectivity index is 2.25. The van der Waals surface area contributed by atoms with Crippen molar-refractivity contribution in [1.82, 2.24) is 9.55 Å². The lowest BCUT2D eigenvalue weighted by molar-refractivity contribution is 0.557. The zero-order valence-corrected chi connectivity index (χ0v) is 15.9. The first kappa shape index (κ1) is 16.7. The molecular formula is C18H19ClN2O2Si. The third kappa shape index (κ3) is 3.09. The van der Waals surface area contributed by atoms with Crippen LogP contribution >= 0.6 is 11.6 Å². The second-order valence-corrected chi connectivity index (χ2v) is 11.4. The van der Waals surface area contributed by atoms with Gasteiger partial charge in [0.1, 0.15) is 16.6 Å². The van der Waals surface area contributed by atoms with Crippen LogP contribution < -0.4 is 9.99 Å². The number of nitrogens with zero attached hydrogens (tertiary/aromatic N) is 2. The molecule has 0 fully saturated rings. The van der Waals surface area contributed by atoms with Crippen molar-refractivity contribution in [3.8, 4) is 11.4 Å². The van der Waals surface area contributed by atoms with Gasteiger partial charge in [-0.15, -0.1) is 0 Å². The van der Waals surface area contributed by atoms with Crippen LogP contribution in [-0.2, 0) is 0 Å². The van der Waals surface area contributed by atoms with E-state index in [9.17, 15) is 4.79 Å². The zero-order chi connectivity index (χ0) is 17.5. The maximum atomic E-state index is 12.9. The SMILES string of the molecule is Cc1nc2ccccc2c(=O)n1-c1cccc(O[Si](C)(C)C)c1Cl. The van der Waals surface area contributed by atoms with Crippen LogP contribution in [0, 0.1) is 6.92 Å². The van der Waals surface area contributed by atoms with Gasteiger partial charge in [-0.2, -0.15) is 0 Å². The summed E-state index contributed by atoms with van der Waals surface area (Å²) in [5.41, 5.74) is 1.14. The minimum atomic E-state index is -1.81. The molecule has 0 amide bonds. The molecule has 0 aliphatic carbocycles. The Morgan fingerprint density at radius 1 is 1.08 bits per heavy atom. The van der Waals surface area contributed by atoms with Crippen molar-refractivity contribution in [3.63, 3.8) is 0 Å². The van der Waals surface area contributed by atoms with Crippen molar-refractivity contribution in [1.29, 1.82) is 0 Å². The number of aromatic nitrogens is 2. The molecule has 0 saturated heterocycles. The highest BCUT2D eigenvalue weighted by atomic mass is 35.5. The van der Waals surface area contributed by atoms with E-state index in [1.807, 2.05) is 36.4 Å². The Morgan fingerprint density at radius 3 is 2.50 bits per heavy atom. The summed E-state index contributed by atoms with van der Waals surface area (Å²) in [4.78, 5) is 17.5. The number of hydrogen-bond acceptors (Lipinski definition) is 3. The second kappa shape index (κ2) is 6.07. The Morgan fingerprint density at radius 2 is 1.79 bits per heavy atom. The van der Waals surface area contributed by atoms with Gasteiger partial charge in [0.05, 0.1) is 16.6 Å². The van der Waals surface area contributed by atoms with E-state index in [1.165, 1.54) is 0 Å². The fourth-order valence-electron chi connectivity index (χ4n) is 2.61. The van der Waals surface area contributed by atoms with E-state index in [4.69, 9.17) is 16.0 Å². The van der Waals surface area contributed by atoms with Crippen molar-refractivity contribution >= 4 is 30.8 Å². The Hall–Kier alpha value is -2.11. The van der Waals surface area contributed by atoms with Gasteiger partial charge in [-0.3, -0.25) is 9.36 Å². The lowest BCUT2D eigenvalue weighted by Gasteiger charge is -2.21. The van der Waals surface area contributed by atoms with Gasteiger partial charge in [-0.1, -0.05) is 29.8 Å². The first-order valence-electron chi connectivity index (χ1n) is 7.74. The maximum absolute atomic E-state index is 12.9. The van der Waals surface area contributed by atoms with E-state index < -0.39 is 8.32 Å². The molecule has 0 radical (unpaired) electrons. The first-order valence-corrected chi connectivity index (χ1v) is 11.5. The molecule has 4 nitrogen and oxygen atoms in total. The van der Waals surface area contributed by atoms with Gasteiger partial charge in [-0.05, 0) is 50.8 Å². The van der Waals surface area contributed by atoms with E-state index in [0.29, 0.717) is 33.2 Å². The molecule has 0 aliphatic heterocycles. The molecule has 1 heterocycles. The van der Waals surface area contributed by atoms with Crippen molar-refractivity contribution in [2.24, 2.45) is 0 Å². The number of benzene rings is 2. The van der Waals surface area contributed by atoms with Crippen LogP contribution in [-0.4, -0.2) is 17.9 Å². The van der Waals surface area contributed by atoms with Gasteiger partial charge in [-0.25, -0.2) is 4.98 Å². The Kier molecular flexibility index (Phi) is 4.23. The summed E-state index contributed by atoms with van der Waals surface area (Å²) in [6, 6.07) is 12.8. The van der Waals surface area contributed by atoms with E-state index >= 15 is 0 Å². The number of aryl methyl sites for hydroxylation is 1. The summed E-state index contributed by atoms with van der Waals surface area (Å²) < 4.78 is 7.58. The van der Waals surface area contributed by atoms with E-state index in [2.05, 4.69) is 24.6 Å². The highest BCUT2D eigenvalue weighted by molar-refractivity contribution is 6.70. The molecule has 3 aromatic rings. The molecule has 0 aliphatic rings. The van der Waals surface area contributed by atoms with Gasteiger partial charge in [0.15, 0.2) is 0 Å². The molecule has 0 N–H and O–H groups in total. The van der Waals surface area contributed by atoms with Crippen LogP contribution in [0.5, 0.6) is 5.75 Å². The normalized spacial score (nSPS) is 11.7. The molecule has 0 atom stereocenters. The largest absolute Gasteiger partial charge is 0.543 e. The third-order valence-corrected chi connectivity index (χ3v) is 4.76. The number of hydrogen-bond donors (Lipinski definition) is 0. The van der Waals surface area contributed by atoms with Gasteiger partial charge in [0, 0.05) is 0 Å². The predicted octanol–water partition coefficient (Wildman–Crippen LogP) is 4.56. The predicted molar refractivity (Wildman–Crippen MR) is 101 cm³/mol. The van der Waals surface area contributed by atoms with Gasteiger partial charge < -0.3 is 4.43 Å². The molecule has 2 aromatic carbocycles. The number of rotatable bonds is 3. The van der Waals surface area contributed by atoms with Crippen molar-refractivity contribution in [3.05, 3.63) is 63.7 Å². The van der Waals surface area contributed by atoms with Crippen LogP contribution in [0.3, 0.4) is 0 Å². The quantitative estimate of drug-likeness (QED) is 0.644. The second-order valence-electron chi connectivity index (χ2n) is 6.62. The molecule has 0 saturated carbocycles. The van der Waals surface area contributed by atoms with Crippen molar-refractivity contribution < 1.29 is 4.43 Å². The standard InChI is InChI=1S/C18H19ClN2O2Si/c1-12-20-14-9-6-5-8-13(14)18(22)21(12)15-10-7-11-16(17(15)19)23-24(2,3)4/h5-11H,1-4H3. The summed E-state index contributed by atoms with van der Waals surface area (Å²) in [6.45, 7) is 8.07. The van der Waals surface area contributed by atoms with Gasteiger partial charge >= 0.3 is 0 Å². The molecule has 3 rings (SSSR count). The summed E-state index contributed by atoms with van der Waals surface area (Å²) in [7, 11) is -1.81. The van der Waals surface area contributed by atoms with Crippen LogP contribution in [0.25, 0.3) is 16.6 Å². The van der Waals surface area contributed by atoms with Crippen molar-refractivity contribution in [2.45, 2.75) is 26.6 Å². The molecule has 24 heavy (non-hydrogen) atoms. The van der Waals surface area contributed by atoms with Gasteiger partial charge in [0.2, 0.25) is 8.32 Å².